The van der Waals surface area contributed by atoms with Crippen LogP contribution in [0.5, 0.6) is 0 Å². The van der Waals surface area contributed by atoms with Crippen molar-refractivity contribution in [1.82, 2.24) is 10.6 Å². The van der Waals surface area contributed by atoms with Crippen molar-refractivity contribution in [3.63, 3.8) is 0 Å². The summed E-state index contributed by atoms with van der Waals surface area (Å²) in [5.74, 6) is 0.126. The van der Waals surface area contributed by atoms with Gasteiger partial charge in [-0.3, -0.25) is 4.79 Å². The van der Waals surface area contributed by atoms with E-state index in [2.05, 4.69) is 10.6 Å². The predicted octanol–water partition coefficient (Wildman–Crippen LogP) is -0.374. The molecule has 17 heavy (non-hydrogen) atoms. The first-order chi connectivity index (χ1) is 8.09. The van der Waals surface area contributed by atoms with E-state index < -0.39 is 5.41 Å². The summed E-state index contributed by atoms with van der Waals surface area (Å²) < 4.78 is 0. The predicted molar refractivity (Wildman–Crippen MR) is 65.5 cm³/mol. The molecule has 0 spiro atoms. The molecular weight excluding hydrogens is 220 g/mol. The van der Waals surface area contributed by atoms with Crippen molar-refractivity contribution in [2.24, 2.45) is 5.41 Å². The van der Waals surface area contributed by atoms with Crippen LogP contribution in [0.1, 0.15) is 32.6 Å². The summed E-state index contributed by atoms with van der Waals surface area (Å²) in [5, 5.41) is 24.2. The highest BCUT2D eigenvalue weighted by atomic mass is 16.3. The van der Waals surface area contributed by atoms with E-state index >= 15 is 0 Å². The van der Waals surface area contributed by atoms with Gasteiger partial charge in [-0.25, -0.2) is 0 Å². The molecule has 1 rings (SSSR count). The van der Waals surface area contributed by atoms with Gasteiger partial charge >= 0.3 is 0 Å². The fourth-order valence-corrected chi connectivity index (χ4v) is 1.45. The van der Waals surface area contributed by atoms with Crippen molar-refractivity contribution in [3.8, 4) is 0 Å². The molecule has 0 bridgehead atoms. The maximum absolute atomic E-state index is 11.3. The molecular formula is C12H24N2O3. The lowest BCUT2D eigenvalue weighted by atomic mass is 9.93. The number of hydrogen-bond donors (Lipinski definition) is 4. The zero-order chi connectivity index (χ0) is 12.7. The highest BCUT2D eigenvalue weighted by Gasteiger charge is 2.23. The monoisotopic (exact) mass is 244 g/mol. The number of carbonyl (C=O) groups is 1. The molecule has 0 radical (unpaired) electrons. The fourth-order valence-electron chi connectivity index (χ4n) is 1.45. The van der Waals surface area contributed by atoms with Gasteiger partial charge in [-0.2, -0.15) is 0 Å². The number of hydrogen-bond acceptors (Lipinski definition) is 4. The van der Waals surface area contributed by atoms with Crippen LogP contribution in [0.2, 0.25) is 0 Å². The van der Waals surface area contributed by atoms with Crippen LogP contribution in [0.15, 0.2) is 0 Å². The molecule has 4 N–H and O–H groups in total. The van der Waals surface area contributed by atoms with E-state index in [0.29, 0.717) is 19.0 Å². The van der Waals surface area contributed by atoms with E-state index in [1.807, 2.05) is 6.92 Å². The molecule has 0 aliphatic heterocycles. The maximum Gasteiger partial charge on any atom is 0.220 e. The molecule has 0 aromatic carbocycles. The highest BCUT2D eigenvalue weighted by Crippen LogP contribution is 2.18. The second-order valence-electron chi connectivity index (χ2n) is 5.25. The zero-order valence-corrected chi connectivity index (χ0v) is 10.5. The van der Waals surface area contributed by atoms with Crippen molar-refractivity contribution in [1.29, 1.82) is 0 Å². The van der Waals surface area contributed by atoms with Gasteiger partial charge in [0.2, 0.25) is 5.91 Å². The number of aliphatic hydroxyl groups is 2. The van der Waals surface area contributed by atoms with E-state index in [9.17, 15) is 4.79 Å². The molecule has 5 nitrogen and oxygen atoms in total. The van der Waals surface area contributed by atoms with E-state index in [1.54, 1.807) is 0 Å². The number of nitrogens with one attached hydrogen (secondary N) is 2. The number of aliphatic hydroxyl groups excluding tert-OH is 2. The summed E-state index contributed by atoms with van der Waals surface area (Å²) in [6, 6.07) is 0.433. The molecule has 0 aromatic heterocycles. The fraction of sp³-hybridized carbons (Fsp3) is 0.917. The molecule has 1 aliphatic rings. The van der Waals surface area contributed by atoms with Crippen LogP contribution in [0.4, 0.5) is 0 Å². The van der Waals surface area contributed by atoms with Gasteiger partial charge in [-0.05, 0) is 25.8 Å². The summed E-state index contributed by atoms with van der Waals surface area (Å²) in [6.07, 6.45) is 3.56. The molecule has 0 unspecified atom stereocenters. The van der Waals surface area contributed by atoms with Crippen molar-refractivity contribution < 1.29 is 15.0 Å². The van der Waals surface area contributed by atoms with Gasteiger partial charge in [0.25, 0.3) is 0 Å². The molecule has 5 heteroatoms. The van der Waals surface area contributed by atoms with Crippen molar-refractivity contribution in [2.75, 3.05) is 26.3 Å². The minimum atomic E-state index is -0.476. The van der Waals surface area contributed by atoms with Crippen molar-refractivity contribution in [2.45, 2.75) is 38.6 Å². The number of carbonyl (C=O) groups excluding carboxylic acids is 1. The normalized spacial score (nSPS) is 15.9. The van der Waals surface area contributed by atoms with Gasteiger partial charge in [-0.15, -0.1) is 0 Å². The van der Waals surface area contributed by atoms with Crippen LogP contribution in [-0.4, -0.2) is 48.5 Å². The Morgan fingerprint density at radius 3 is 2.53 bits per heavy atom. The molecule has 0 saturated heterocycles. The van der Waals surface area contributed by atoms with Crippen molar-refractivity contribution in [3.05, 3.63) is 0 Å². The lowest BCUT2D eigenvalue weighted by molar-refractivity contribution is -0.121. The van der Waals surface area contributed by atoms with Gasteiger partial charge in [0, 0.05) is 24.4 Å². The lowest BCUT2D eigenvalue weighted by Gasteiger charge is -2.24. The summed E-state index contributed by atoms with van der Waals surface area (Å²) in [4.78, 5) is 11.3. The van der Waals surface area contributed by atoms with Gasteiger partial charge in [0.15, 0.2) is 0 Å². The molecule has 1 saturated carbocycles. The third-order valence-electron chi connectivity index (χ3n) is 3.02. The summed E-state index contributed by atoms with van der Waals surface area (Å²) >= 11 is 0. The van der Waals surface area contributed by atoms with Crippen LogP contribution in [-0.2, 0) is 4.79 Å². The second-order valence-corrected chi connectivity index (χ2v) is 5.25. The molecule has 1 fully saturated rings. The molecule has 0 atom stereocenters. The largest absolute Gasteiger partial charge is 0.396 e. The Morgan fingerprint density at radius 2 is 2.00 bits per heavy atom. The third-order valence-corrected chi connectivity index (χ3v) is 3.02. The Hall–Kier alpha value is -0.650. The number of amides is 1. The molecule has 1 amide bonds. The second kappa shape index (κ2) is 6.93. The molecule has 0 heterocycles. The maximum atomic E-state index is 11.3. The van der Waals surface area contributed by atoms with E-state index in [1.165, 1.54) is 0 Å². The standard InChI is InChI=1S/C12H24N2O3/c1-12(8-15,9-16)7-13-6-2-3-11(17)14-10-4-5-10/h10,13,15-16H,2-9H2,1H3,(H,14,17). The van der Waals surface area contributed by atoms with Gasteiger partial charge in [0.1, 0.15) is 0 Å². The van der Waals surface area contributed by atoms with Gasteiger partial charge in [-0.1, -0.05) is 6.92 Å². The topological polar surface area (TPSA) is 81.6 Å². The van der Waals surface area contributed by atoms with Gasteiger partial charge in [0.05, 0.1) is 13.2 Å². The Bertz CT molecular complexity index is 238. The first-order valence-corrected chi connectivity index (χ1v) is 6.31. The first kappa shape index (κ1) is 14.4. The minimum Gasteiger partial charge on any atom is -0.396 e. The van der Waals surface area contributed by atoms with E-state index in [4.69, 9.17) is 10.2 Å². The van der Waals surface area contributed by atoms with E-state index in [0.717, 1.165) is 25.8 Å². The van der Waals surface area contributed by atoms with Crippen molar-refractivity contribution >= 4 is 5.91 Å². The minimum absolute atomic E-state index is 0.0430. The Morgan fingerprint density at radius 1 is 1.35 bits per heavy atom. The SMILES string of the molecule is CC(CO)(CO)CNCCCC(=O)NC1CC1. The average molecular weight is 244 g/mol. The van der Waals surface area contributed by atoms with Crippen LogP contribution in [0.3, 0.4) is 0 Å². The molecule has 1 aliphatic carbocycles. The summed E-state index contributed by atoms with van der Waals surface area (Å²) in [6.45, 7) is 3.02. The summed E-state index contributed by atoms with van der Waals surface area (Å²) in [7, 11) is 0. The highest BCUT2D eigenvalue weighted by molar-refractivity contribution is 5.76. The van der Waals surface area contributed by atoms with E-state index in [-0.39, 0.29) is 19.1 Å². The van der Waals surface area contributed by atoms with Crippen LogP contribution >= 0.6 is 0 Å². The van der Waals surface area contributed by atoms with Crippen LogP contribution < -0.4 is 10.6 Å². The Kier molecular flexibility index (Phi) is 5.88. The first-order valence-electron chi connectivity index (χ1n) is 6.31. The average Bonchev–Trinajstić information content (AvgIpc) is 3.12. The zero-order valence-electron chi connectivity index (χ0n) is 10.5. The molecule has 0 aromatic rings. The lowest BCUT2D eigenvalue weighted by Crippen LogP contribution is -2.38. The quantitative estimate of drug-likeness (QED) is 0.417. The Balaban J connectivity index is 1.97. The smallest absolute Gasteiger partial charge is 0.220 e. The van der Waals surface area contributed by atoms with Crippen LogP contribution in [0.25, 0.3) is 0 Å². The Labute approximate surface area is 103 Å². The number of rotatable bonds is 9. The third kappa shape index (κ3) is 6.00. The summed E-state index contributed by atoms with van der Waals surface area (Å²) in [5.41, 5.74) is -0.476. The van der Waals surface area contributed by atoms with Crippen LogP contribution in [0, 0.1) is 5.41 Å². The molecule has 100 valence electrons. The van der Waals surface area contributed by atoms with Gasteiger partial charge < -0.3 is 20.8 Å².